The van der Waals surface area contributed by atoms with Gasteiger partial charge in [-0.1, -0.05) is 29.0 Å². The summed E-state index contributed by atoms with van der Waals surface area (Å²) in [6.45, 7) is 0.849. The van der Waals surface area contributed by atoms with Crippen LogP contribution in [0.1, 0.15) is 5.56 Å². The molecule has 96 valence electrons. The van der Waals surface area contributed by atoms with E-state index in [1.54, 1.807) is 11.3 Å². The van der Waals surface area contributed by atoms with Crippen molar-refractivity contribution < 1.29 is 0 Å². The number of hydrogen-bond acceptors (Lipinski definition) is 4. The lowest BCUT2D eigenvalue weighted by Gasteiger charge is -2.01. The quantitative estimate of drug-likeness (QED) is 0.789. The Morgan fingerprint density at radius 3 is 2.79 bits per heavy atom. The van der Waals surface area contributed by atoms with Crippen molar-refractivity contribution in [3.05, 3.63) is 53.3 Å². The van der Waals surface area contributed by atoms with Gasteiger partial charge in [0.2, 0.25) is 0 Å². The lowest BCUT2D eigenvalue weighted by molar-refractivity contribution is 1.01. The number of aromatic nitrogens is 2. The Morgan fingerprint density at radius 2 is 2.00 bits per heavy atom. The first kappa shape index (κ1) is 12.4. The van der Waals surface area contributed by atoms with E-state index in [9.17, 15) is 0 Å². The van der Waals surface area contributed by atoms with Gasteiger partial charge >= 0.3 is 0 Å². The Labute approximate surface area is 120 Å². The Morgan fingerprint density at radius 1 is 1.16 bits per heavy atom. The number of pyridine rings is 1. The van der Waals surface area contributed by atoms with Crippen LogP contribution in [-0.4, -0.2) is 16.5 Å². The van der Waals surface area contributed by atoms with Gasteiger partial charge in [-0.05, 0) is 36.2 Å². The standard InChI is InChI=1S/C14H12ClN3S/c15-11-2-1-3-12-13(11)19-14(18-12)17-9-6-10-4-7-16-8-5-10/h1-5,7-8H,6,9H2,(H,17,18). The molecular weight excluding hydrogens is 278 g/mol. The van der Waals surface area contributed by atoms with E-state index in [0.29, 0.717) is 0 Å². The third-order valence-electron chi connectivity index (χ3n) is 2.81. The number of nitrogens with one attached hydrogen (secondary N) is 1. The van der Waals surface area contributed by atoms with Crippen LogP contribution in [0.25, 0.3) is 10.2 Å². The number of thiazole rings is 1. The molecule has 5 heteroatoms. The number of anilines is 1. The first-order valence-corrected chi connectivity index (χ1v) is 7.20. The highest BCUT2D eigenvalue weighted by molar-refractivity contribution is 7.22. The van der Waals surface area contributed by atoms with Gasteiger partial charge in [-0.2, -0.15) is 0 Å². The van der Waals surface area contributed by atoms with Crippen molar-refractivity contribution >= 4 is 38.3 Å². The molecule has 19 heavy (non-hydrogen) atoms. The molecule has 2 aromatic heterocycles. The number of rotatable bonds is 4. The third-order valence-corrected chi connectivity index (χ3v) is 4.30. The summed E-state index contributed by atoms with van der Waals surface area (Å²) in [7, 11) is 0. The second kappa shape index (κ2) is 5.55. The van der Waals surface area contributed by atoms with E-state index in [4.69, 9.17) is 11.6 Å². The number of nitrogens with zero attached hydrogens (tertiary/aromatic N) is 2. The van der Waals surface area contributed by atoms with E-state index in [1.165, 1.54) is 5.56 Å². The third kappa shape index (κ3) is 2.85. The average molecular weight is 290 g/mol. The van der Waals surface area contributed by atoms with Gasteiger partial charge in [0.25, 0.3) is 0 Å². The fourth-order valence-electron chi connectivity index (χ4n) is 1.85. The molecule has 3 aromatic rings. The number of hydrogen-bond donors (Lipinski definition) is 1. The normalized spacial score (nSPS) is 10.8. The lowest BCUT2D eigenvalue weighted by Crippen LogP contribution is -2.04. The fraction of sp³-hybridized carbons (Fsp3) is 0.143. The molecule has 0 saturated carbocycles. The zero-order valence-electron chi connectivity index (χ0n) is 10.1. The van der Waals surface area contributed by atoms with Crippen molar-refractivity contribution in [2.45, 2.75) is 6.42 Å². The predicted molar refractivity (Wildman–Crippen MR) is 81.1 cm³/mol. The van der Waals surface area contributed by atoms with Crippen molar-refractivity contribution in [3.8, 4) is 0 Å². The van der Waals surface area contributed by atoms with Crippen molar-refractivity contribution in [2.24, 2.45) is 0 Å². The summed E-state index contributed by atoms with van der Waals surface area (Å²) in [6.07, 6.45) is 4.58. The molecule has 0 aliphatic heterocycles. The van der Waals surface area contributed by atoms with Crippen LogP contribution in [0.2, 0.25) is 5.02 Å². The van der Waals surface area contributed by atoms with Crippen molar-refractivity contribution in [1.82, 2.24) is 9.97 Å². The average Bonchev–Trinajstić information content (AvgIpc) is 2.84. The molecule has 2 heterocycles. The van der Waals surface area contributed by atoms with E-state index in [2.05, 4.69) is 15.3 Å². The molecule has 1 aromatic carbocycles. The highest BCUT2D eigenvalue weighted by Gasteiger charge is 2.05. The van der Waals surface area contributed by atoms with E-state index < -0.39 is 0 Å². The van der Waals surface area contributed by atoms with Crippen LogP contribution in [0.3, 0.4) is 0 Å². The summed E-state index contributed by atoms with van der Waals surface area (Å²) in [4.78, 5) is 8.52. The lowest BCUT2D eigenvalue weighted by atomic mass is 10.2. The predicted octanol–water partition coefficient (Wildman–Crippen LogP) is 4.00. The van der Waals surface area contributed by atoms with Crippen LogP contribution in [0, 0.1) is 0 Å². The first-order chi connectivity index (χ1) is 9.33. The van der Waals surface area contributed by atoms with Gasteiger partial charge in [-0.3, -0.25) is 4.98 Å². The SMILES string of the molecule is Clc1cccc2nc(NCCc3ccncc3)sc12. The van der Waals surface area contributed by atoms with Crippen molar-refractivity contribution in [2.75, 3.05) is 11.9 Å². The summed E-state index contributed by atoms with van der Waals surface area (Å²) >= 11 is 7.73. The van der Waals surface area contributed by atoms with Gasteiger partial charge in [-0.25, -0.2) is 4.98 Å². The Bertz CT molecular complexity index is 681. The van der Waals surface area contributed by atoms with Gasteiger partial charge in [0.15, 0.2) is 5.13 Å². The largest absolute Gasteiger partial charge is 0.361 e. The van der Waals surface area contributed by atoms with Gasteiger partial charge in [-0.15, -0.1) is 0 Å². The monoisotopic (exact) mass is 289 g/mol. The van der Waals surface area contributed by atoms with Gasteiger partial charge in [0, 0.05) is 18.9 Å². The maximum atomic E-state index is 6.14. The topological polar surface area (TPSA) is 37.8 Å². The van der Waals surface area contributed by atoms with Crippen LogP contribution in [-0.2, 0) is 6.42 Å². The second-order valence-corrected chi connectivity index (χ2v) is 5.55. The van der Waals surface area contributed by atoms with Gasteiger partial charge in [0.1, 0.15) is 0 Å². The first-order valence-electron chi connectivity index (χ1n) is 6.01. The highest BCUT2D eigenvalue weighted by Crippen LogP contribution is 2.31. The van der Waals surface area contributed by atoms with Crippen LogP contribution in [0.15, 0.2) is 42.7 Å². The zero-order valence-corrected chi connectivity index (χ0v) is 11.7. The Kier molecular flexibility index (Phi) is 3.62. The molecule has 0 saturated heterocycles. The summed E-state index contributed by atoms with van der Waals surface area (Å²) in [5.74, 6) is 0. The molecule has 0 atom stereocenters. The smallest absolute Gasteiger partial charge is 0.183 e. The number of fused-ring (bicyclic) bond motifs is 1. The van der Waals surface area contributed by atoms with Crippen molar-refractivity contribution in [3.63, 3.8) is 0 Å². The zero-order chi connectivity index (χ0) is 13.1. The molecule has 0 unspecified atom stereocenters. The minimum atomic E-state index is 0.761. The summed E-state index contributed by atoms with van der Waals surface area (Å²) in [6, 6.07) is 9.84. The molecular formula is C14H12ClN3S. The fourth-order valence-corrected chi connectivity index (χ4v) is 3.03. The van der Waals surface area contributed by atoms with Crippen LogP contribution >= 0.6 is 22.9 Å². The second-order valence-electron chi connectivity index (χ2n) is 4.14. The Hall–Kier alpha value is -1.65. The number of halogens is 1. The molecule has 0 fully saturated rings. The molecule has 1 N–H and O–H groups in total. The van der Waals surface area contributed by atoms with E-state index in [-0.39, 0.29) is 0 Å². The van der Waals surface area contributed by atoms with E-state index in [1.807, 2.05) is 42.7 Å². The van der Waals surface area contributed by atoms with Gasteiger partial charge in [0.05, 0.1) is 15.2 Å². The number of benzene rings is 1. The van der Waals surface area contributed by atoms with Crippen LogP contribution < -0.4 is 5.32 Å². The van der Waals surface area contributed by atoms with E-state index in [0.717, 1.165) is 33.3 Å². The summed E-state index contributed by atoms with van der Waals surface area (Å²) in [5.41, 5.74) is 2.21. The summed E-state index contributed by atoms with van der Waals surface area (Å²) < 4.78 is 1.04. The minimum absolute atomic E-state index is 0.761. The molecule has 3 rings (SSSR count). The molecule has 0 amide bonds. The molecule has 0 aliphatic carbocycles. The molecule has 3 nitrogen and oxygen atoms in total. The van der Waals surface area contributed by atoms with Crippen LogP contribution in [0.4, 0.5) is 5.13 Å². The molecule has 0 aliphatic rings. The van der Waals surface area contributed by atoms with Gasteiger partial charge < -0.3 is 5.32 Å². The van der Waals surface area contributed by atoms with Crippen LogP contribution in [0.5, 0.6) is 0 Å². The maximum Gasteiger partial charge on any atom is 0.183 e. The molecule has 0 spiro atoms. The molecule has 0 bridgehead atoms. The van der Waals surface area contributed by atoms with E-state index >= 15 is 0 Å². The maximum absolute atomic E-state index is 6.14. The summed E-state index contributed by atoms with van der Waals surface area (Å²) in [5, 5.41) is 5.01. The molecule has 0 radical (unpaired) electrons. The highest BCUT2D eigenvalue weighted by atomic mass is 35.5. The Balaban J connectivity index is 1.67. The minimum Gasteiger partial charge on any atom is -0.361 e. The van der Waals surface area contributed by atoms with Crippen molar-refractivity contribution in [1.29, 1.82) is 0 Å².